The standard InChI is InChI=1S/C19H18Cl3N3O2S2.ClH/c1-11-8-12(20)9-14-16(11)23-19(28-14)25(3-2-24-4-6-27-7-5-24)18(26)13-10-15(21)29-17(13)22;/h8-10H,2-7H2,1H3;1H. The predicted molar refractivity (Wildman–Crippen MR) is 130 cm³/mol. The molecule has 30 heavy (non-hydrogen) atoms. The summed E-state index contributed by atoms with van der Waals surface area (Å²) in [4.78, 5) is 22.1. The van der Waals surface area contributed by atoms with Gasteiger partial charge in [-0.15, -0.1) is 23.7 Å². The van der Waals surface area contributed by atoms with Crippen LogP contribution in [-0.2, 0) is 4.74 Å². The number of morpholine rings is 1. The summed E-state index contributed by atoms with van der Waals surface area (Å²) in [5.41, 5.74) is 2.23. The first-order chi connectivity index (χ1) is 13.9. The molecule has 0 atom stereocenters. The van der Waals surface area contributed by atoms with E-state index in [1.54, 1.807) is 11.0 Å². The molecule has 0 aliphatic carbocycles. The molecule has 0 radical (unpaired) electrons. The Morgan fingerprint density at radius 2 is 1.93 bits per heavy atom. The van der Waals surface area contributed by atoms with Gasteiger partial charge in [-0.2, -0.15) is 0 Å². The highest BCUT2D eigenvalue weighted by Crippen LogP contribution is 2.36. The van der Waals surface area contributed by atoms with Crippen molar-refractivity contribution < 1.29 is 9.53 Å². The van der Waals surface area contributed by atoms with Crippen molar-refractivity contribution in [2.45, 2.75) is 6.92 Å². The van der Waals surface area contributed by atoms with E-state index in [0.717, 1.165) is 35.4 Å². The topological polar surface area (TPSA) is 45.7 Å². The first kappa shape index (κ1) is 24.0. The number of benzene rings is 1. The van der Waals surface area contributed by atoms with Gasteiger partial charge in [0, 0.05) is 31.2 Å². The van der Waals surface area contributed by atoms with Gasteiger partial charge in [0.25, 0.3) is 5.91 Å². The smallest absolute Gasteiger partial charge is 0.262 e. The fourth-order valence-electron chi connectivity index (χ4n) is 3.24. The van der Waals surface area contributed by atoms with Gasteiger partial charge in [-0.25, -0.2) is 4.98 Å². The summed E-state index contributed by atoms with van der Waals surface area (Å²) in [5.74, 6) is -0.200. The lowest BCUT2D eigenvalue weighted by Gasteiger charge is -2.29. The predicted octanol–water partition coefficient (Wildman–Crippen LogP) is 6.03. The number of halogens is 4. The number of carbonyl (C=O) groups is 1. The van der Waals surface area contributed by atoms with Gasteiger partial charge in [0.1, 0.15) is 4.34 Å². The number of carbonyl (C=O) groups excluding carboxylic acids is 1. The minimum atomic E-state index is -0.200. The zero-order valence-corrected chi connectivity index (χ0v) is 20.7. The summed E-state index contributed by atoms with van der Waals surface area (Å²) in [6.07, 6.45) is 0. The second-order valence-corrected chi connectivity index (χ2v) is 10.4. The van der Waals surface area contributed by atoms with Gasteiger partial charge in [-0.3, -0.25) is 14.6 Å². The molecule has 1 fully saturated rings. The molecule has 1 saturated heterocycles. The van der Waals surface area contributed by atoms with Crippen LogP contribution < -0.4 is 4.90 Å². The molecule has 3 heterocycles. The Kier molecular flexibility index (Phi) is 8.26. The lowest BCUT2D eigenvalue weighted by atomic mass is 10.2. The molecule has 2 aromatic heterocycles. The van der Waals surface area contributed by atoms with Crippen molar-refractivity contribution in [3.8, 4) is 0 Å². The molecule has 0 unspecified atom stereocenters. The van der Waals surface area contributed by atoms with Crippen molar-refractivity contribution in [2.24, 2.45) is 0 Å². The van der Waals surface area contributed by atoms with E-state index in [-0.39, 0.29) is 18.3 Å². The number of nitrogens with zero attached hydrogens (tertiary/aromatic N) is 3. The van der Waals surface area contributed by atoms with E-state index >= 15 is 0 Å². The summed E-state index contributed by atoms with van der Waals surface area (Å²) in [6.45, 7) is 6.29. The molecule has 0 bridgehead atoms. The number of aryl methyl sites for hydroxylation is 1. The van der Waals surface area contributed by atoms with E-state index in [1.807, 2.05) is 19.1 Å². The highest BCUT2D eigenvalue weighted by atomic mass is 35.5. The number of thiazole rings is 1. The van der Waals surface area contributed by atoms with Crippen molar-refractivity contribution in [3.63, 3.8) is 0 Å². The van der Waals surface area contributed by atoms with Gasteiger partial charge in [0.2, 0.25) is 0 Å². The zero-order chi connectivity index (χ0) is 20.5. The van der Waals surface area contributed by atoms with E-state index in [0.29, 0.717) is 44.1 Å². The van der Waals surface area contributed by atoms with Crippen LogP contribution in [0.1, 0.15) is 15.9 Å². The van der Waals surface area contributed by atoms with Gasteiger partial charge >= 0.3 is 0 Å². The van der Waals surface area contributed by atoms with Crippen LogP contribution in [0.4, 0.5) is 5.13 Å². The number of rotatable bonds is 5. The van der Waals surface area contributed by atoms with Crippen molar-refractivity contribution in [1.29, 1.82) is 0 Å². The molecule has 1 amide bonds. The molecular formula is C19H19Cl4N3O2S2. The molecule has 3 aromatic rings. The number of ether oxygens (including phenoxy) is 1. The number of hydrogen-bond donors (Lipinski definition) is 0. The third kappa shape index (κ3) is 5.22. The van der Waals surface area contributed by atoms with E-state index < -0.39 is 0 Å². The second kappa shape index (κ2) is 10.3. The summed E-state index contributed by atoms with van der Waals surface area (Å²) in [7, 11) is 0. The number of aromatic nitrogens is 1. The average Bonchev–Trinajstić information content (AvgIpc) is 3.25. The fraction of sp³-hybridized carbons (Fsp3) is 0.368. The SMILES string of the molecule is Cc1cc(Cl)cc2sc(N(CCN3CCOCC3)C(=O)c3cc(Cl)sc3Cl)nc12.Cl. The monoisotopic (exact) mass is 525 g/mol. The molecular weight excluding hydrogens is 508 g/mol. The normalized spacial score (nSPS) is 14.7. The highest BCUT2D eigenvalue weighted by molar-refractivity contribution is 7.22. The molecule has 0 saturated carbocycles. The lowest BCUT2D eigenvalue weighted by molar-refractivity contribution is 0.0391. The molecule has 4 rings (SSSR count). The Labute approximate surface area is 203 Å². The molecule has 1 aliphatic rings. The third-order valence-electron chi connectivity index (χ3n) is 4.75. The molecule has 1 aliphatic heterocycles. The first-order valence-electron chi connectivity index (χ1n) is 9.06. The summed E-state index contributed by atoms with van der Waals surface area (Å²) < 4.78 is 7.23. The number of hydrogen-bond acceptors (Lipinski definition) is 6. The summed E-state index contributed by atoms with van der Waals surface area (Å²) in [5, 5.41) is 1.28. The van der Waals surface area contributed by atoms with Crippen LogP contribution >= 0.6 is 69.9 Å². The van der Waals surface area contributed by atoms with E-state index in [9.17, 15) is 4.79 Å². The Balaban J connectivity index is 0.00000256. The van der Waals surface area contributed by atoms with Crippen molar-refractivity contribution in [2.75, 3.05) is 44.3 Å². The van der Waals surface area contributed by atoms with Crippen LogP contribution in [-0.4, -0.2) is 55.2 Å². The van der Waals surface area contributed by atoms with Crippen LogP contribution in [0, 0.1) is 6.92 Å². The summed E-state index contributed by atoms with van der Waals surface area (Å²) in [6, 6.07) is 5.38. The summed E-state index contributed by atoms with van der Waals surface area (Å²) >= 11 is 21.2. The maximum atomic E-state index is 13.4. The quantitative estimate of drug-likeness (QED) is 0.407. The molecule has 162 valence electrons. The van der Waals surface area contributed by atoms with Gasteiger partial charge in [0.05, 0.1) is 33.3 Å². The van der Waals surface area contributed by atoms with Crippen molar-refractivity contribution in [3.05, 3.63) is 43.0 Å². The molecule has 1 aromatic carbocycles. The zero-order valence-electron chi connectivity index (χ0n) is 16.0. The largest absolute Gasteiger partial charge is 0.379 e. The number of thiophene rings is 1. The van der Waals surface area contributed by atoms with Crippen LogP contribution in [0.3, 0.4) is 0 Å². The third-order valence-corrected chi connectivity index (χ3v) is 7.48. The van der Waals surface area contributed by atoms with Gasteiger partial charge in [-0.1, -0.05) is 46.1 Å². The van der Waals surface area contributed by atoms with Crippen LogP contribution in [0.2, 0.25) is 13.7 Å². The van der Waals surface area contributed by atoms with Crippen LogP contribution in [0.15, 0.2) is 18.2 Å². The minimum Gasteiger partial charge on any atom is -0.379 e. The lowest BCUT2D eigenvalue weighted by Crippen LogP contribution is -2.43. The first-order valence-corrected chi connectivity index (χ1v) is 11.8. The van der Waals surface area contributed by atoms with E-state index in [4.69, 9.17) is 44.5 Å². The maximum Gasteiger partial charge on any atom is 0.262 e. The molecule has 11 heteroatoms. The fourth-order valence-corrected chi connectivity index (χ4v) is 6.13. The average molecular weight is 527 g/mol. The van der Waals surface area contributed by atoms with Crippen molar-refractivity contribution >= 4 is 91.1 Å². The molecule has 0 N–H and O–H groups in total. The van der Waals surface area contributed by atoms with Crippen molar-refractivity contribution in [1.82, 2.24) is 9.88 Å². The Morgan fingerprint density at radius 3 is 2.60 bits per heavy atom. The van der Waals surface area contributed by atoms with E-state index in [2.05, 4.69) is 4.90 Å². The number of amides is 1. The number of fused-ring (bicyclic) bond motifs is 1. The van der Waals surface area contributed by atoms with Gasteiger partial charge < -0.3 is 4.74 Å². The van der Waals surface area contributed by atoms with Crippen LogP contribution in [0.25, 0.3) is 10.2 Å². The molecule has 0 spiro atoms. The van der Waals surface area contributed by atoms with Gasteiger partial charge in [0.15, 0.2) is 5.13 Å². The maximum absolute atomic E-state index is 13.4. The molecule has 5 nitrogen and oxygen atoms in total. The Hall–Kier alpha value is -0.640. The minimum absolute atomic E-state index is 0. The van der Waals surface area contributed by atoms with Crippen LogP contribution in [0.5, 0.6) is 0 Å². The van der Waals surface area contributed by atoms with Gasteiger partial charge in [-0.05, 0) is 30.7 Å². The van der Waals surface area contributed by atoms with E-state index in [1.165, 1.54) is 22.7 Å². The Bertz CT molecular complexity index is 1050. The second-order valence-electron chi connectivity index (χ2n) is 6.71. The highest BCUT2D eigenvalue weighted by Gasteiger charge is 2.26. The number of anilines is 1. The Morgan fingerprint density at radius 1 is 1.20 bits per heavy atom.